The molecular formula is C14H16O4. The molecule has 0 saturated carbocycles. The van der Waals surface area contributed by atoms with Crippen LogP contribution in [0, 0.1) is 0 Å². The summed E-state index contributed by atoms with van der Waals surface area (Å²) in [6, 6.07) is 7.40. The molecule has 1 aliphatic rings. The molecule has 1 N–H and O–H groups in total. The maximum Gasteiger partial charge on any atom is 0.328 e. The summed E-state index contributed by atoms with van der Waals surface area (Å²) in [4.78, 5) is 10.5. The highest BCUT2D eigenvalue weighted by Gasteiger charge is 2.16. The lowest BCUT2D eigenvalue weighted by atomic mass is 10.1. The lowest BCUT2D eigenvalue weighted by Gasteiger charge is -2.24. The molecule has 1 unspecified atom stereocenters. The fraction of sp³-hybridized carbons (Fsp3) is 0.357. The molecule has 1 aliphatic heterocycles. The zero-order valence-corrected chi connectivity index (χ0v) is 10.0. The molecule has 96 valence electrons. The number of aliphatic carboxylic acids is 1. The summed E-state index contributed by atoms with van der Waals surface area (Å²) >= 11 is 0. The minimum atomic E-state index is -0.967. The molecule has 18 heavy (non-hydrogen) atoms. The topological polar surface area (TPSA) is 55.8 Å². The molecule has 1 fully saturated rings. The van der Waals surface area contributed by atoms with Gasteiger partial charge in [0, 0.05) is 18.2 Å². The lowest BCUT2D eigenvalue weighted by molar-refractivity contribution is -0.131. The van der Waals surface area contributed by atoms with E-state index >= 15 is 0 Å². The van der Waals surface area contributed by atoms with Crippen LogP contribution in [0.2, 0.25) is 0 Å². The Morgan fingerprint density at radius 2 is 2.28 bits per heavy atom. The van der Waals surface area contributed by atoms with Crippen molar-refractivity contribution in [3.05, 3.63) is 35.9 Å². The number of carboxylic acid groups (broad SMARTS) is 1. The van der Waals surface area contributed by atoms with Gasteiger partial charge in [-0.3, -0.25) is 0 Å². The van der Waals surface area contributed by atoms with Crippen LogP contribution in [0.15, 0.2) is 30.3 Å². The molecule has 1 heterocycles. The molecule has 4 heteroatoms. The first kappa shape index (κ1) is 12.6. The Labute approximate surface area is 106 Å². The first-order valence-electron chi connectivity index (χ1n) is 6.00. The number of carboxylic acids is 1. The van der Waals surface area contributed by atoms with Gasteiger partial charge in [-0.2, -0.15) is 0 Å². The second-order valence-corrected chi connectivity index (χ2v) is 4.17. The zero-order valence-electron chi connectivity index (χ0n) is 10.0. The summed E-state index contributed by atoms with van der Waals surface area (Å²) in [6.45, 7) is 1.39. The molecular weight excluding hydrogens is 232 g/mol. The summed E-state index contributed by atoms with van der Waals surface area (Å²) in [5, 5.41) is 8.64. The maximum atomic E-state index is 10.5. The molecule has 0 amide bonds. The highest BCUT2D eigenvalue weighted by molar-refractivity contribution is 5.85. The Hall–Kier alpha value is -1.81. The normalized spacial score (nSPS) is 19.9. The van der Waals surface area contributed by atoms with E-state index in [0.29, 0.717) is 12.4 Å². The fourth-order valence-electron chi connectivity index (χ4n) is 1.87. The van der Waals surface area contributed by atoms with E-state index < -0.39 is 5.97 Å². The number of para-hydroxylation sites is 1. The molecule has 1 saturated heterocycles. The quantitative estimate of drug-likeness (QED) is 0.831. The van der Waals surface area contributed by atoms with Gasteiger partial charge in [-0.05, 0) is 25.0 Å². The number of carbonyl (C=O) groups is 1. The van der Waals surface area contributed by atoms with E-state index in [1.165, 1.54) is 0 Å². The van der Waals surface area contributed by atoms with Crippen molar-refractivity contribution >= 4 is 12.0 Å². The van der Waals surface area contributed by atoms with E-state index in [9.17, 15) is 4.79 Å². The molecule has 0 spiro atoms. The fourth-order valence-corrected chi connectivity index (χ4v) is 1.87. The van der Waals surface area contributed by atoms with Crippen LogP contribution in [-0.2, 0) is 9.53 Å². The van der Waals surface area contributed by atoms with Crippen LogP contribution in [0.3, 0.4) is 0 Å². The lowest BCUT2D eigenvalue weighted by Crippen LogP contribution is -2.28. The Morgan fingerprint density at radius 1 is 1.44 bits per heavy atom. The Morgan fingerprint density at radius 3 is 3.00 bits per heavy atom. The van der Waals surface area contributed by atoms with Gasteiger partial charge in [-0.1, -0.05) is 18.2 Å². The van der Waals surface area contributed by atoms with Gasteiger partial charge in [-0.15, -0.1) is 0 Å². The van der Waals surface area contributed by atoms with Crippen molar-refractivity contribution in [1.82, 2.24) is 0 Å². The van der Waals surface area contributed by atoms with Crippen LogP contribution < -0.4 is 4.74 Å². The largest absolute Gasteiger partial charge is 0.487 e. The molecule has 1 atom stereocenters. The highest BCUT2D eigenvalue weighted by atomic mass is 16.5. The number of benzene rings is 1. The van der Waals surface area contributed by atoms with Gasteiger partial charge in [0.15, 0.2) is 0 Å². The van der Waals surface area contributed by atoms with E-state index in [1.807, 2.05) is 24.3 Å². The van der Waals surface area contributed by atoms with Gasteiger partial charge in [0.25, 0.3) is 0 Å². The van der Waals surface area contributed by atoms with Crippen molar-refractivity contribution in [3.8, 4) is 5.75 Å². The van der Waals surface area contributed by atoms with Crippen LogP contribution in [0.25, 0.3) is 6.08 Å². The SMILES string of the molecule is O=C(O)/C=C/c1ccccc1OC1CCCOC1. The van der Waals surface area contributed by atoms with E-state index in [1.54, 1.807) is 6.08 Å². The molecule has 1 aromatic carbocycles. The molecule has 4 nitrogen and oxygen atoms in total. The number of hydrogen-bond donors (Lipinski definition) is 1. The summed E-state index contributed by atoms with van der Waals surface area (Å²) in [6.07, 6.45) is 4.67. The minimum absolute atomic E-state index is 0.0538. The van der Waals surface area contributed by atoms with Crippen LogP contribution in [0.5, 0.6) is 5.75 Å². The average molecular weight is 248 g/mol. The summed E-state index contributed by atoms with van der Waals surface area (Å²) in [5.74, 6) is -0.267. The highest BCUT2D eigenvalue weighted by Crippen LogP contribution is 2.23. The molecule has 0 radical (unpaired) electrons. The zero-order chi connectivity index (χ0) is 12.8. The first-order valence-corrected chi connectivity index (χ1v) is 6.00. The molecule has 2 rings (SSSR count). The summed E-state index contributed by atoms with van der Waals surface area (Å²) in [7, 11) is 0. The molecule has 1 aromatic rings. The second-order valence-electron chi connectivity index (χ2n) is 4.17. The van der Waals surface area contributed by atoms with Gasteiger partial charge in [-0.25, -0.2) is 4.79 Å². The van der Waals surface area contributed by atoms with E-state index in [2.05, 4.69) is 0 Å². The minimum Gasteiger partial charge on any atom is -0.487 e. The first-order chi connectivity index (χ1) is 8.75. The van der Waals surface area contributed by atoms with E-state index in [0.717, 1.165) is 31.1 Å². The predicted octanol–water partition coefficient (Wildman–Crippen LogP) is 2.34. The smallest absolute Gasteiger partial charge is 0.328 e. The summed E-state index contributed by atoms with van der Waals surface area (Å²) in [5.41, 5.74) is 0.769. The van der Waals surface area contributed by atoms with Crippen molar-refractivity contribution in [2.45, 2.75) is 18.9 Å². The number of ether oxygens (including phenoxy) is 2. The van der Waals surface area contributed by atoms with Crippen LogP contribution in [0.4, 0.5) is 0 Å². The number of rotatable bonds is 4. The van der Waals surface area contributed by atoms with Gasteiger partial charge in [0.05, 0.1) is 6.61 Å². The number of hydrogen-bond acceptors (Lipinski definition) is 3. The van der Waals surface area contributed by atoms with Crippen molar-refractivity contribution in [3.63, 3.8) is 0 Å². The van der Waals surface area contributed by atoms with Crippen molar-refractivity contribution < 1.29 is 19.4 Å². The molecule has 0 aliphatic carbocycles. The van der Waals surface area contributed by atoms with Gasteiger partial charge >= 0.3 is 5.97 Å². The van der Waals surface area contributed by atoms with Gasteiger partial charge in [0.2, 0.25) is 0 Å². The Bertz CT molecular complexity index is 433. The second kappa shape index (κ2) is 6.21. The van der Waals surface area contributed by atoms with Crippen molar-refractivity contribution in [2.24, 2.45) is 0 Å². The third kappa shape index (κ3) is 3.60. The predicted molar refractivity (Wildman–Crippen MR) is 67.6 cm³/mol. The summed E-state index contributed by atoms with van der Waals surface area (Å²) < 4.78 is 11.2. The van der Waals surface area contributed by atoms with Gasteiger partial charge in [0.1, 0.15) is 11.9 Å². The molecule has 0 bridgehead atoms. The van der Waals surface area contributed by atoms with Crippen molar-refractivity contribution in [2.75, 3.05) is 13.2 Å². The Kier molecular flexibility index (Phi) is 4.36. The van der Waals surface area contributed by atoms with E-state index in [-0.39, 0.29) is 6.10 Å². The van der Waals surface area contributed by atoms with Crippen LogP contribution in [-0.4, -0.2) is 30.4 Å². The van der Waals surface area contributed by atoms with Crippen molar-refractivity contribution in [1.29, 1.82) is 0 Å². The maximum absolute atomic E-state index is 10.5. The van der Waals surface area contributed by atoms with Crippen LogP contribution >= 0.6 is 0 Å². The Balaban J connectivity index is 2.08. The third-order valence-corrected chi connectivity index (χ3v) is 2.74. The van der Waals surface area contributed by atoms with E-state index in [4.69, 9.17) is 14.6 Å². The average Bonchev–Trinajstić information content (AvgIpc) is 2.39. The van der Waals surface area contributed by atoms with Gasteiger partial charge < -0.3 is 14.6 Å². The monoisotopic (exact) mass is 248 g/mol. The molecule has 0 aromatic heterocycles. The third-order valence-electron chi connectivity index (χ3n) is 2.74. The standard InChI is InChI=1S/C14H16O4/c15-14(16)8-7-11-4-1-2-6-13(11)18-12-5-3-9-17-10-12/h1-2,4,6-8,12H,3,5,9-10H2,(H,15,16)/b8-7+. The van der Waals surface area contributed by atoms with Crippen LogP contribution in [0.1, 0.15) is 18.4 Å².